The summed E-state index contributed by atoms with van der Waals surface area (Å²) in [7, 11) is 1.68. The van der Waals surface area contributed by atoms with E-state index in [4.69, 9.17) is 23.2 Å². The lowest BCUT2D eigenvalue weighted by atomic mass is 9.97. The molecule has 1 fully saturated rings. The van der Waals surface area contributed by atoms with Crippen LogP contribution in [-0.2, 0) is 11.3 Å². The maximum absolute atomic E-state index is 11.7. The molecule has 0 aliphatic carbocycles. The van der Waals surface area contributed by atoms with Crippen LogP contribution in [0.2, 0.25) is 10.2 Å². The summed E-state index contributed by atoms with van der Waals surface area (Å²) in [5, 5.41) is 3.74. The van der Waals surface area contributed by atoms with Crippen LogP contribution in [0.15, 0.2) is 12.3 Å². The van der Waals surface area contributed by atoms with E-state index >= 15 is 0 Å². The smallest absolute Gasteiger partial charge is 0.224 e. The fourth-order valence-electron chi connectivity index (χ4n) is 2.41. The standard InChI is InChI=1S/C13H17Cl2N3O/c1-16-13(19)9-3-2-4-18(7-9)8-10-6-17-12(15)5-11(10)14/h5-6,9H,2-4,7-8H2,1H3,(H,16,19). The van der Waals surface area contributed by atoms with E-state index in [1.54, 1.807) is 19.3 Å². The highest BCUT2D eigenvalue weighted by Crippen LogP contribution is 2.23. The summed E-state index contributed by atoms with van der Waals surface area (Å²) in [5.74, 6) is 0.183. The lowest BCUT2D eigenvalue weighted by Crippen LogP contribution is -2.41. The third kappa shape index (κ3) is 3.81. The molecule has 1 aromatic rings. The number of hydrogen-bond donors (Lipinski definition) is 1. The van der Waals surface area contributed by atoms with E-state index < -0.39 is 0 Å². The van der Waals surface area contributed by atoms with Crippen LogP contribution in [0.3, 0.4) is 0 Å². The van der Waals surface area contributed by atoms with E-state index in [0.717, 1.165) is 31.5 Å². The lowest BCUT2D eigenvalue weighted by molar-refractivity contribution is -0.126. The number of aromatic nitrogens is 1. The van der Waals surface area contributed by atoms with Crippen molar-refractivity contribution in [3.8, 4) is 0 Å². The topological polar surface area (TPSA) is 45.2 Å². The molecule has 0 bridgehead atoms. The highest BCUT2D eigenvalue weighted by Gasteiger charge is 2.25. The van der Waals surface area contributed by atoms with Crippen LogP contribution in [0.1, 0.15) is 18.4 Å². The van der Waals surface area contributed by atoms with Gasteiger partial charge >= 0.3 is 0 Å². The van der Waals surface area contributed by atoms with Gasteiger partial charge in [0, 0.05) is 36.9 Å². The zero-order valence-electron chi connectivity index (χ0n) is 10.8. The number of amides is 1. The Kier molecular flexibility index (Phi) is 5.02. The Morgan fingerprint density at radius 2 is 2.37 bits per heavy atom. The van der Waals surface area contributed by atoms with Gasteiger partial charge in [0.05, 0.1) is 5.92 Å². The van der Waals surface area contributed by atoms with Crippen LogP contribution in [0.25, 0.3) is 0 Å². The molecule has 2 heterocycles. The number of carbonyl (C=O) groups excluding carboxylic acids is 1. The molecule has 19 heavy (non-hydrogen) atoms. The maximum atomic E-state index is 11.7. The Labute approximate surface area is 123 Å². The molecule has 0 spiro atoms. The van der Waals surface area contributed by atoms with Gasteiger partial charge < -0.3 is 5.32 Å². The Morgan fingerprint density at radius 3 is 3.05 bits per heavy atom. The van der Waals surface area contributed by atoms with E-state index in [-0.39, 0.29) is 11.8 Å². The number of rotatable bonds is 3. The summed E-state index contributed by atoms with van der Waals surface area (Å²) < 4.78 is 0. The predicted octanol–water partition coefficient (Wildman–Crippen LogP) is 2.35. The number of likely N-dealkylation sites (tertiary alicyclic amines) is 1. The van der Waals surface area contributed by atoms with Gasteiger partial charge in [-0.25, -0.2) is 4.98 Å². The van der Waals surface area contributed by atoms with Crippen molar-refractivity contribution < 1.29 is 4.79 Å². The summed E-state index contributed by atoms with van der Waals surface area (Å²) in [6.45, 7) is 2.45. The first kappa shape index (κ1) is 14.6. The Bertz CT molecular complexity index is 467. The molecule has 4 nitrogen and oxygen atoms in total. The maximum Gasteiger partial charge on any atom is 0.224 e. The second-order valence-corrected chi connectivity index (χ2v) is 5.58. The molecule has 6 heteroatoms. The Hall–Kier alpha value is -0.840. The lowest BCUT2D eigenvalue weighted by Gasteiger charge is -2.31. The van der Waals surface area contributed by atoms with Gasteiger partial charge in [-0.15, -0.1) is 0 Å². The molecule has 0 saturated carbocycles. The quantitative estimate of drug-likeness (QED) is 0.872. The number of halogens is 2. The molecule has 1 aromatic heterocycles. The summed E-state index contributed by atoms with van der Waals surface area (Å²) in [5.41, 5.74) is 0.948. The molecule has 1 saturated heterocycles. The van der Waals surface area contributed by atoms with E-state index in [0.29, 0.717) is 16.7 Å². The second kappa shape index (κ2) is 6.55. The number of piperidine rings is 1. The van der Waals surface area contributed by atoms with Crippen molar-refractivity contribution in [2.45, 2.75) is 19.4 Å². The first-order valence-corrected chi connectivity index (χ1v) is 7.09. The van der Waals surface area contributed by atoms with Gasteiger partial charge in [0.15, 0.2) is 0 Å². The fourth-order valence-corrected chi connectivity index (χ4v) is 2.84. The van der Waals surface area contributed by atoms with Crippen molar-refractivity contribution in [3.05, 3.63) is 28.0 Å². The van der Waals surface area contributed by atoms with Crippen LogP contribution < -0.4 is 5.32 Å². The van der Waals surface area contributed by atoms with Crippen LogP contribution in [0.5, 0.6) is 0 Å². The van der Waals surface area contributed by atoms with Crippen LogP contribution in [0.4, 0.5) is 0 Å². The summed E-state index contributed by atoms with van der Waals surface area (Å²) in [6.07, 6.45) is 3.67. The molecule has 104 valence electrons. The third-order valence-electron chi connectivity index (χ3n) is 3.41. The minimum atomic E-state index is 0.0674. The van der Waals surface area contributed by atoms with Crippen LogP contribution in [0, 0.1) is 5.92 Å². The van der Waals surface area contributed by atoms with E-state index in [1.165, 1.54) is 0 Å². The SMILES string of the molecule is CNC(=O)C1CCCN(Cc2cnc(Cl)cc2Cl)C1. The van der Waals surface area contributed by atoms with Crippen molar-refractivity contribution in [2.75, 3.05) is 20.1 Å². The molecule has 1 aliphatic heterocycles. The minimum absolute atomic E-state index is 0.0674. The average molecular weight is 302 g/mol. The monoisotopic (exact) mass is 301 g/mol. The summed E-state index contributed by atoms with van der Waals surface area (Å²) >= 11 is 11.9. The number of carbonyl (C=O) groups is 1. The number of hydrogen-bond acceptors (Lipinski definition) is 3. The highest BCUT2D eigenvalue weighted by molar-refractivity contribution is 6.34. The Balaban J connectivity index is 2.00. The number of pyridine rings is 1. The van der Waals surface area contributed by atoms with Crippen molar-refractivity contribution in [2.24, 2.45) is 5.92 Å². The average Bonchev–Trinajstić information content (AvgIpc) is 2.41. The molecular formula is C13H17Cl2N3O. The van der Waals surface area contributed by atoms with Gasteiger partial charge in [0.25, 0.3) is 0 Å². The highest BCUT2D eigenvalue weighted by atomic mass is 35.5. The first-order chi connectivity index (χ1) is 9.10. The van der Waals surface area contributed by atoms with Gasteiger partial charge in [-0.1, -0.05) is 23.2 Å². The molecule has 0 radical (unpaired) electrons. The molecule has 0 aromatic carbocycles. The van der Waals surface area contributed by atoms with Crippen molar-refractivity contribution in [3.63, 3.8) is 0 Å². The van der Waals surface area contributed by atoms with E-state index in [9.17, 15) is 4.79 Å². The zero-order chi connectivity index (χ0) is 13.8. The van der Waals surface area contributed by atoms with Crippen molar-refractivity contribution >= 4 is 29.1 Å². The number of nitrogens with one attached hydrogen (secondary N) is 1. The van der Waals surface area contributed by atoms with Gasteiger partial charge in [0.2, 0.25) is 5.91 Å². The molecule has 1 N–H and O–H groups in total. The van der Waals surface area contributed by atoms with Gasteiger partial charge in [0.1, 0.15) is 5.15 Å². The summed E-state index contributed by atoms with van der Waals surface area (Å²) in [6, 6.07) is 1.65. The molecule has 1 unspecified atom stereocenters. The van der Waals surface area contributed by atoms with Gasteiger partial charge in [-0.2, -0.15) is 0 Å². The molecule has 1 aliphatic rings. The van der Waals surface area contributed by atoms with Gasteiger partial charge in [-0.3, -0.25) is 9.69 Å². The molecule has 2 rings (SSSR count). The van der Waals surface area contributed by atoms with Crippen molar-refractivity contribution in [1.82, 2.24) is 15.2 Å². The first-order valence-electron chi connectivity index (χ1n) is 6.34. The fraction of sp³-hybridized carbons (Fsp3) is 0.538. The molecular weight excluding hydrogens is 285 g/mol. The van der Waals surface area contributed by atoms with E-state index in [2.05, 4.69) is 15.2 Å². The Morgan fingerprint density at radius 1 is 1.58 bits per heavy atom. The molecule has 1 amide bonds. The van der Waals surface area contributed by atoms with Gasteiger partial charge in [-0.05, 0) is 25.5 Å². The van der Waals surface area contributed by atoms with E-state index in [1.807, 2.05) is 0 Å². The normalized spacial score (nSPS) is 20.3. The van der Waals surface area contributed by atoms with Crippen LogP contribution in [-0.4, -0.2) is 35.9 Å². The van der Waals surface area contributed by atoms with Crippen LogP contribution >= 0.6 is 23.2 Å². The zero-order valence-corrected chi connectivity index (χ0v) is 12.3. The minimum Gasteiger partial charge on any atom is -0.359 e. The number of nitrogens with zero attached hydrogens (tertiary/aromatic N) is 2. The largest absolute Gasteiger partial charge is 0.359 e. The van der Waals surface area contributed by atoms with Crippen molar-refractivity contribution in [1.29, 1.82) is 0 Å². The third-order valence-corrected chi connectivity index (χ3v) is 3.97. The predicted molar refractivity (Wildman–Crippen MR) is 76.3 cm³/mol. The summed E-state index contributed by atoms with van der Waals surface area (Å²) in [4.78, 5) is 18.0. The second-order valence-electron chi connectivity index (χ2n) is 4.79. The molecule has 1 atom stereocenters.